The molecule has 1 unspecified atom stereocenters. The number of benzene rings is 3. The van der Waals surface area contributed by atoms with Gasteiger partial charge in [0.25, 0.3) is 10.0 Å². The number of nitrogens with zero attached hydrogens (tertiary/aromatic N) is 1. The zero-order valence-electron chi connectivity index (χ0n) is 18.0. The van der Waals surface area contributed by atoms with Gasteiger partial charge in [-0.25, -0.2) is 12.8 Å². The van der Waals surface area contributed by atoms with Gasteiger partial charge in [0, 0.05) is 5.69 Å². The van der Waals surface area contributed by atoms with Crippen LogP contribution in [0, 0.1) is 5.82 Å². The fourth-order valence-electron chi connectivity index (χ4n) is 3.65. The normalized spacial score (nSPS) is 15.8. The van der Waals surface area contributed by atoms with Gasteiger partial charge in [-0.15, -0.1) is 0 Å². The summed E-state index contributed by atoms with van der Waals surface area (Å²) in [5.41, 5.74) is -1.00. The van der Waals surface area contributed by atoms with Crippen LogP contribution in [0.4, 0.5) is 34.6 Å². The molecule has 3 aromatic carbocycles. The van der Waals surface area contributed by atoms with E-state index >= 15 is 0 Å². The maximum atomic E-state index is 13.7. The first-order valence-electron chi connectivity index (χ1n) is 10.2. The van der Waals surface area contributed by atoms with Crippen LogP contribution in [0.2, 0.25) is 5.02 Å². The summed E-state index contributed by atoms with van der Waals surface area (Å²) in [5.74, 6) is -2.61. The fraction of sp³-hybridized carbons (Fsp3) is 0.130. The van der Waals surface area contributed by atoms with E-state index in [4.69, 9.17) is 11.6 Å². The highest BCUT2D eigenvalue weighted by atomic mass is 35.5. The third-order valence-corrected chi connectivity index (χ3v) is 7.39. The Balaban J connectivity index is 1.70. The number of carbonyl (C=O) groups excluding carboxylic acids is 2. The average Bonchev–Trinajstić information content (AvgIpc) is 2.80. The lowest BCUT2D eigenvalue weighted by Gasteiger charge is -2.36. The molecule has 0 radical (unpaired) electrons. The molecule has 7 nitrogen and oxygen atoms in total. The van der Waals surface area contributed by atoms with E-state index in [1.807, 2.05) is 0 Å². The maximum absolute atomic E-state index is 13.7. The molecular formula is C23H16ClF4N3O4S. The number of halogens is 5. The lowest BCUT2D eigenvalue weighted by atomic mass is 10.1. The number of rotatable bonds is 5. The van der Waals surface area contributed by atoms with Gasteiger partial charge in [-0.05, 0) is 48.5 Å². The first-order chi connectivity index (χ1) is 16.9. The predicted molar refractivity (Wildman–Crippen MR) is 125 cm³/mol. The quantitative estimate of drug-likeness (QED) is 0.442. The molecule has 0 saturated heterocycles. The molecule has 188 valence electrons. The molecule has 0 saturated carbocycles. The van der Waals surface area contributed by atoms with Crippen molar-refractivity contribution in [2.45, 2.75) is 23.5 Å². The molecule has 0 bridgehead atoms. The number of anilines is 3. The molecule has 0 aliphatic carbocycles. The second kappa shape index (κ2) is 9.43. The van der Waals surface area contributed by atoms with E-state index in [1.165, 1.54) is 24.3 Å². The molecule has 0 fully saturated rings. The lowest BCUT2D eigenvalue weighted by molar-refractivity contribution is -0.137. The van der Waals surface area contributed by atoms with Gasteiger partial charge in [0.15, 0.2) is 0 Å². The maximum Gasteiger partial charge on any atom is 0.416 e. The van der Waals surface area contributed by atoms with Gasteiger partial charge in [-0.2, -0.15) is 13.2 Å². The second-order valence-corrected chi connectivity index (χ2v) is 9.95. The van der Waals surface area contributed by atoms with Crippen molar-refractivity contribution < 1.29 is 35.6 Å². The first kappa shape index (κ1) is 25.5. The Kier molecular flexibility index (Phi) is 6.67. The number of hydrogen-bond donors (Lipinski definition) is 2. The highest BCUT2D eigenvalue weighted by Gasteiger charge is 2.42. The number of fused-ring (bicyclic) bond motifs is 1. The van der Waals surface area contributed by atoms with Crippen molar-refractivity contribution in [3.05, 3.63) is 83.1 Å². The van der Waals surface area contributed by atoms with E-state index in [0.717, 1.165) is 34.6 Å². The number of para-hydroxylation sites is 2. The molecule has 1 atom stereocenters. The number of amides is 2. The largest absolute Gasteiger partial charge is 0.416 e. The molecule has 1 aliphatic heterocycles. The molecule has 0 spiro atoms. The summed E-state index contributed by atoms with van der Waals surface area (Å²) in [4.78, 5) is 25.2. The van der Waals surface area contributed by atoms with Crippen molar-refractivity contribution in [1.29, 1.82) is 0 Å². The predicted octanol–water partition coefficient (Wildman–Crippen LogP) is 5.04. The summed E-state index contributed by atoms with van der Waals surface area (Å²) in [5, 5.41) is 4.32. The van der Waals surface area contributed by atoms with Crippen molar-refractivity contribution in [3.8, 4) is 0 Å². The summed E-state index contributed by atoms with van der Waals surface area (Å²) in [6, 6.07) is 10.8. The summed E-state index contributed by atoms with van der Waals surface area (Å²) in [7, 11) is -4.55. The Morgan fingerprint density at radius 3 is 2.47 bits per heavy atom. The minimum Gasteiger partial charge on any atom is -0.326 e. The smallest absolute Gasteiger partial charge is 0.326 e. The van der Waals surface area contributed by atoms with E-state index in [-0.39, 0.29) is 17.1 Å². The average molecular weight is 542 g/mol. The third kappa shape index (κ3) is 5.00. The van der Waals surface area contributed by atoms with Crippen LogP contribution in [0.15, 0.2) is 71.6 Å². The van der Waals surface area contributed by atoms with Crippen LogP contribution in [0.25, 0.3) is 0 Å². The van der Waals surface area contributed by atoms with Gasteiger partial charge >= 0.3 is 6.18 Å². The van der Waals surface area contributed by atoms with Gasteiger partial charge in [-0.1, -0.05) is 29.8 Å². The first-order valence-corrected chi connectivity index (χ1v) is 12.1. The monoisotopic (exact) mass is 541 g/mol. The molecule has 13 heteroatoms. The van der Waals surface area contributed by atoms with Crippen LogP contribution in [0.3, 0.4) is 0 Å². The Bertz CT molecular complexity index is 1460. The third-order valence-electron chi connectivity index (χ3n) is 5.29. The Labute approximate surface area is 207 Å². The number of hydrogen-bond acceptors (Lipinski definition) is 4. The summed E-state index contributed by atoms with van der Waals surface area (Å²) >= 11 is 5.76. The molecule has 3 aromatic rings. The molecule has 1 heterocycles. The summed E-state index contributed by atoms with van der Waals surface area (Å²) in [6.45, 7) is 0. The molecule has 0 aromatic heterocycles. The molecular weight excluding hydrogens is 526 g/mol. The molecule has 2 N–H and O–H groups in total. The summed E-state index contributed by atoms with van der Waals surface area (Å²) < 4.78 is 80.5. The molecule has 36 heavy (non-hydrogen) atoms. The van der Waals surface area contributed by atoms with Gasteiger partial charge < -0.3 is 10.6 Å². The van der Waals surface area contributed by atoms with Crippen molar-refractivity contribution in [2.24, 2.45) is 0 Å². The minimum atomic E-state index is -4.64. The van der Waals surface area contributed by atoms with Crippen molar-refractivity contribution >= 4 is 50.5 Å². The van der Waals surface area contributed by atoms with Crippen LogP contribution in [0.1, 0.15) is 12.0 Å². The number of nitrogens with one attached hydrogen (secondary N) is 2. The van der Waals surface area contributed by atoms with E-state index in [9.17, 15) is 35.6 Å². The van der Waals surface area contributed by atoms with Crippen LogP contribution in [0.5, 0.6) is 0 Å². The van der Waals surface area contributed by atoms with Gasteiger partial charge in [0.05, 0.1) is 33.3 Å². The van der Waals surface area contributed by atoms with E-state index < -0.39 is 61.8 Å². The number of carbonyl (C=O) groups is 2. The van der Waals surface area contributed by atoms with E-state index in [2.05, 4.69) is 10.6 Å². The minimum absolute atomic E-state index is 0.0365. The zero-order valence-corrected chi connectivity index (χ0v) is 19.6. The van der Waals surface area contributed by atoms with Gasteiger partial charge in [0.2, 0.25) is 11.8 Å². The number of alkyl halides is 3. The van der Waals surface area contributed by atoms with Crippen molar-refractivity contribution in [1.82, 2.24) is 0 Å². The van der Waals surface area contributed by atoms with E-state index in [0.29, 0.717) is 6.07 Å². The SMILES string of the molecule is O=C(CC1C(=O)Nc2ccccc2N1S(=O)(=O)c1ccc(F)c(Cl)c1)Nc1cccc(C(F)(F)F)c1. The lowest BCUT2D eigenvalue weighted by Crippen LogP contribution is -2.52. The van der Waals surface area contributed by atoms with Crippen LogP contribution in [-0.4, -0.2) is 26.3 Å². The topological polar surface area (TPSA) is 95.6 Å². The molecule has 4 rings (SSSR count). The summed E-state index contributed by atoms with van der Waals surface area (Å²) in [6.07, 6.45) is -5.38. The van der Waals surface area contributed by atoms with E-state index in [1.54, 1.807) is 6.07 Å². The molecule has 2 amide bonds. The van der Waals surface area contributed by atoms with Crippen LogP contribution in [-0.2, 0) is 25.8 Å². The van der Waals surface area contributed by atoms with Crippen LogP contribution < -0.4 is 14.9 Å². The number of sulfonamides is 1. The van der Waals surface area contributed by atoms with Crippen molar-refractivity contribution in [2.75, 3.05) is 14.9 Å². The second-order valence-electron chi connectivity index (χ2n) is 7.73. The van der Waals surface area contributed by atoms with Gasteiger partial charge in [-0.3, -0.25) is 13.9 Å². The fourth-order valence-corrected chi connectivity index (χ4v) is 5.55. The standard InChI is InChI=1S/C23H16ClF4N3O4S/c24-16-11-15(8-9-17(16)25)36(34,35)31-19-7-2-1-6-18(19)30-22(33)20(31)12-21(32)29-14-5-3-4-13(10-14)23(26,27)28/h1-11,20H,12H2,(H,29,32)(H,30,33). The Morgan fingerprint density at radius 1 is 1.06 bits per heavy atom. The Morgan fingerprint density at radius 2 is 1.78 bits per heavy atom. The highest BCUT2D eigenvalue weighted by Crippen LogP contribution is 2.38. The van der Waals surface area contributed by atoms with Crippen LogP contribution >= 0.6 is 11.6 Å². The van der Waals surface area contributed by atoms with Crippen molar-refractivity contribution in [3.63, 3.8) is 0 Å². The zero-order chi connectivity index (χ0) is 26.3. The molecule has 1 aliphatic rings. The highest BCUT2D eigenvalue weighted by molar-refractivity contribution is 7.93. The van der Waals surface area contributed by atoms with Gasteiger partial charge in [0.1, 0.15) is 11.9 Å². The Hall–Kier alpha value is -3.64.